The molecule has 0 bridgehead atoms. The molecule has 0 spiro atoms. The standard InChI is InChI=1S/C16H16N8O4S2/c17-5-6-29(25,26)13-4-2-11(9-1-3-12-10(7-9)8-19-20-12)14(15(13)30(18,27)28)16-21-23-24-22-16/h1-4,7-8H,5-6,17H2,(H,19,20)(H2,18,27,28)(H,21,22,23,24). The maximum atomic E-state index is 12.7. The van der Waals surface area contributed by atoms with Gasteiger partial charge in [0.15, 0.2) is 9.84 Å². The number of tetrazole rings is 1. The molecule has 2 heterocycles. The predicted octanol–water partition coefficient (Wildman–Crippen LogP) is -0.210. The van der Waals surface area contributed by atoms with Crippen LogP contribution in [-0.2, 0) is 19.9 Å². The average Bonchev–Trinajstić information content (AvgIpc) is 3.37. The average molecular weight is 448 g/mol. The molecule has 0 atom stereocenters. The van der Waals surface area contributed by atoms with E-state index in [-0.39, 0.29) is 17.9 Å². The number of nitrogens with one attached hydrogen (secondary N) is 2. The largest absolute Gasteiger partial charge is 0.329 e. The number of benzene rings is 2. The molecule has 2 aromatic carbocycles. The molecule has 30 heavy (non-hydrogen) atoms. The fraction of sp³-hybridized carbons (Fsp3) is 0.125. The number of hydrogen-bond donors (Lipinski definition) is 4. The summed E-state index contributed by atoms with van der Waals surface area (Å²) in [5.74, 6) is -0.576. The van der Waals surface area contributed by atoms with Gasteiger partial charge in [-0.3, -0.25) is 5.10 Å². The van der Waals surface area contributed by atoms with Crippen LogP contribution in [-0.4, -0.2) is 60.0 Å². The third kappa shape index (κ3) is 3.45. The number of rotatable bonds is 6. The number of sulfonamides is 1. The van der Waals surface area contributed by atoms with Gasteiger partial charge in [0.25, 0.3) is 0 Å². The predicted molar refractivity (Wildman–Crippen MR) is 107 cm³/mol. The number of hydrogen-bond acceptors (Lipinski definition) is 9. The second-order valence-electron chi connectivity index (χ2n) is 6.38. The minimum atomic E-state index is -4.51. The molecule has 0 amide bonds. The van der Waals surface area contributed by atoms with Crippen molar-refractivity contribution in [3.8, 4) is 22.5 Å². The van der Waals surface area contributed by atoms with Gasteiger partial charge < -0.3 is 5.73 Å². The van der Waals surface area contributed by atoms with Crippen molar-refractivity contribution in [2.45, 2.75) is 9.79 Å². The monoisotopic (exact) mass is 448 g/mol. The minimum Gasteiger partial charge on any atom is -0.329 e. The molecule has 0 radical (unpaired) electrons. The molecule has 156 valence electrons. The molecule has 4 aromatic rings. The van der Waals surface area contributed by atoms with Crippen LogP contribution in [0.2, 0.25) is 0 Å². The van der Waals surface area contributed by atoms with Gasteiger partial charge in [-0.2, -0.15) is 10.3 Å². The Kier molecular flexibility index (Phi) is 4.85. The van der Waals surface area contributed by atoms with E-state index in [1.54, 1.807) is 24.4 Å². The van der Waals surface area contributed by atoms with Crippen molar-refractivity contribution in [3.05, 3.63) is 36.5 Å². The van der Waals surface area contributed by atoms with E-state index in [4.69, 9.17) is 10.9 Å². The van der Waals surface area contributed by atoms with Gasteiger partial charge in [0.2, 0.25) is 15.8 Å². The Balaban J connectivity index is 2.12. The van der Waals surface area contributed by atoms with Crippen LogP contribution in [0.5, 0.6) is 0 Å². The fourth-order valence-electron chi connectivity index (χ4n) is 3.20. The van der Waals surface area contributed by atoms with Gasteiger partial charge in [-0.25, -0.2) is 22.0 Å². The van der Waals surface area contributed by atoms with Crippen LogP contribution in [0.3, 0.4) is 0 Å². The van der Waals surface area contributed by atoms with E-state index in [9.17, 15) is 16.8 Å². The highest BCUT2D eigenvalue weighted by Gasteiger charge is 2.31. The molecule has 0 fully saturated rings. The fourth-order valence-corrected chi connectivity index (χ4v) is 5.95. The van der Waals surface area contributed by atoms with Gasteiger partial charge in [-0.15, -0.1) is 10.2 Å². The summed E-state index contributed by atoms with van der Waals surface area (Å²) in [7, 11) is -8.56. The second-order valence-corrected chi connectivity index (χ2v) is 9.95. The van der Waals surface area contributed by atoms with E-state index in [0.29, 0.717) is 11.1 Å². The maximum Gasteiger partial charge on any atom is 0.240 e. The van der Waals surface area contributed by atoms with E-state index in [2.05, 4.69) is 30.8 Å². The maximum absolute atomic E-state index is 12.7. The summed E-state index contributed by atoms with van der Waals surface area (Å²) in [6.45, 7) is -0.192. The van der Waals surface area contributed by atoms with Crippen molar-refractivity contribution < 1.29 is 16.8 Å². The summed E-state index contributed by atoms with van der Waals surface area (Å²) in [5.41, 5.74) is 7.03. The number of aromatic amines is 2. The summed E-state index contributed by atoms with van der Waals surface area (Å²) in [4.78, 5) is -1.08. The summed E-state index contributed by atoms with van der Waals surface area (Å²) in [6.07, 6.45) is 1.60. The van der Waals surface area contributed by atoms with Crippen molar-refractivity contribution in [2.75, 3.05) is 12.3 Å². The zero-order valence-electron chi connectivity index (χ0n) is 15.3. The van der Waals surface area contributed by atoms with Crippen LogP contribution >= 0.6 is 0 Å². The number of nitrogens with zero attached hydrogens (tertiary/aromatic N) is 4. The van der Waals surface area contributed by atoms with Crippen molar-refractivity contribution in [3.63, 3.8) is 0 Å². The van der Waals surface area contributed by atoms with E-state index in [1.807, 2.05) is 0 Å². The first-order valence-corrected chi connectivity index (χ1v) is 11.7. The van der Waals surface area contributed by atoms with Gasteiger partial charge in [-0.05, 0) is 34.5 Å². The molecule has 0 unspecified atom stereocenters. The number of H-pyrrole nitrogens is 2. The molecule has 4 rings (SSSR count). The van der Waals surface area contributed by atoms with Crippen molar-refractivity contribution in [2.24, 2.45) is 10.9 Å². The summed E-state index contributed by atoms with van der Waals surface area (Å²) in [6, 6.07) is 7.92. The first kappa shape index (κ1) is 20.1. The van der Waals surface area contributed by atoms with E-state index >= 15 is 0 Å². The highest BCUT2D eigenvalue weighted by Crippen LogP contribution is 2.39. The van der Waals surface area contributed by atoms with Crippen molar-refractivity contribution in [1.82, 2.24) is 30.8 Å². The number of aromatic nitrogens is 6. The lowest BCUT2D eigenvalue weighted by molar-refractivity contribution is 0.583. The molecule has 12 nitrogen and oxygen atoms in total. The highest BCUT2D eigenvalue weighted by molar-refractivity contribution is 7.93. The lowest BCUT2D eigenvalue weighted by Crippen LogP contribution is -2.22. The molecule has 2 aromatic heterocycles. The zero-order valence-corrected chi connectivity index (χ0v) is 16.9. The minimum absolute atomic E-state index is 0.0767. The topological polar surface area (TPSA) is 203 Å². The van der Waals surface area contributed by atoms with E-state index in [1.165, 1.54) is 12.1 Å². The molecule has 14 heteroatoms. The normalized spacial score (nSPS) is 12.5. The molecular formula is C16H16N8O4S2. The Hall–Kier alpha value is -3.20. The van der Waals surface area contributed by atoms with E-state index < -0.39 is 35.4 Å². The Labute approximate surface area is 170 Å². The first-order valence-electron chi connectivity index (χ1n) is 8.52. The highest BCUT2D eigenvalue weighted by atomic mass is 32.2. The number of primary sulfonamides is 1. The van der Waals surface area contributed by atoms with Crippen LogP contribution in [0.1, 0.15) is 0 Å². The Morgan fingerprint density at radius 2 is 1.87 bits per heavy atom. The Bertz CT molecular complexity index is 1440. The van der Waals surface area contributed by atoms with Gasteiger partial charge in [0.05, 0.1) is 27.9 Å². The quantitative estimate of drug-likeness (QED) is 0.307. The van der Waals surface area contributed by atoms with Gasteiger partial charge in [0.1, 0.15) is 4.90 Å². The number of sulfone groups is 1. The molecule has 0 aliphatic rings. The van der Waals surface area contributed by atoms with Gasteiger partial charge in [-0.1, -0.05) is 12.1 Å². The van der Waals surface area contributed by atoms with Crippen molar-refractivity contribution in [1.29, 1.82) is 0 Å². The van der Waals surface area contributed by atoms with Crippen LogP contribution in [0.25, 0.3) is 33.4 Å². The SMILES string of the molecule is NCCS(=O)(=O)c1ccc(-c2ccc3[nH]ncc3c2)c(-c2nn[nH]n2)c1S(N)(=O)=O. The van der Waals surface area contributed by atoms with E-state index in [0.717, 1.165) is 10.9 Å². The molecule has 6 N–H and O–H groups in total. The Morgan fingerprint density at radius 3 is 2.53 bits per heavy atom. The summed E-state index contributed by atoms with van der Waals surface area (Å²) >= 11 is 0. The van der Waals surface area contributed by atoms with Gasteiger partial charge >= 0.3 is 0 Å². The third-order valence-electron chi connectivity index (χ3n) is 4.45. The molecular weight excluding hydrogens is 432 g/mol. The molecule has 0 saturated heterocycles. The molecule has 0 saturated carbocycles. The smallest absolute Gasteiger partial charge is 0.240 e. The Morgan fingerprint density at radius 1 is 1.07 bits per heavy atom. The zero-order chi connectivity index (χ0) is 21.5. The molecule has 0 aliphatic carbocycles. The number of nitrogens with two attached hydrogens (primary N) is 2. The first-order chi connectivity index (χ1) is 14.2. The second kappa shape index (κ2) is 7.24. The van der Waals surface area contributed by atoms with Crippen LogP contribution in [0.4, 0.5) is 0 Å². The van der Waals surface area contributed by atoms with Crippen LogP contribution in [0.15, 0.2) is 46.3 Å². The van der Waals surface area contributed by atoms with Crippen LogP contribution < -0.4 is 10.9 Å². The van der Waals surface area contributed by atoms with Gasteiger partial charge in [0, 0.05) is 11.9 Å². The lowest BCUT2D eigenvalue weighted by atomic mass is 9.98. The lowest BCUT2D eigenvalue weighted by Gasteiger charge is -2.16. The molecule has 0 aliphatic heterocycles. The summed E-state index contributed by atoms with van der Waals surface area (Å²) < 4.78 is 50.6. The van der Waals surface area contributed by atoms with Crippen molar-refractivity contribution >= 4 is 30.8 Å². The number of fused-ring (bicyclic) bond motifs is 1. The third-order valence-corrected chi connectivity index (χ3v) is 7.35. The van der Waals surface area contributed by atoms with Crippen LogP contribution in [0, 0.1) is 0 Å². The summed E-state index contributed by atoms with van der Waals surface area (Å²) in [5, 5.41) is 26.4.